The van der Waals surface area contributed by atoms with Gasteiger partial charge in [0.25, 0.3) is 5.60 Å². The van der Waals surface area contributed by atoms with Crippen LogP contribution in [0.4, 0.5) is 22.0 Å². The largest absolute Gasteiger partial charge is 0.493 e. The van der Waals surface area contributed by atoms with Gasteiger partial charge in [0, 0.05) is 11.5 Å². The summed E-state index contributed by atoms with van der Waals surface area (Å²) in [4.78, 5) is 11.2. The van der Waals surface area contributed by atoms with E-state index in [0.29, 0.717) is 6.07 Å². The van der Waals surface area contributed by atoms with Gasteiger partial charge in [-0.15, -0.1) is 0 Å². The van der Waals surface area contributed by atoms with Crippen LogP contribution >= 0.6 is 0 Å². The van der Waals surface area contributed by atoms with Crippen molar-refractivity contribution in [3.05, 3.63) is 35.4 Å². The molecular formula is C16H17F5O4. The molecule has 1 aromatic carbocycles. The molecule has 2 N–H and O–H groups in total. The number of ether oxygens (including phenoxy) is 1. The summed E-state index contributed by atoms with van der Waals surface area (Å²) in [5.74, 6) is -7.86. The van der Waals surface area contributed by atoms with E-state index < -0.39 is 47.5 Å². The summed E-state index contributed by atoms with van der Waals surface area (Å²) < 4.78 is 71.9. The van der Waals surface area contributed by atoms with Gasteiger partial charge in [0.2, 0.25) is 5.82 Å². The number of carbonyl (C=O) groups is 1. The van der Waals surface area contributed by atoms with Crippen LogP contribution in [0.1, 0.15) is 25.8 Å². The maximum Gasteiger partial charge on any atom is 0.428 e. The van der Waals surface area contributed by atoms with Gasteiger partial charge in [0.15, 0.2) is 11.6 Å². The number of aliphatic hydroxyl groups is 1. The number of halogens is 5. The third kappa shape index (κ3) is 3.46. The molecule has 2 atom stereocenters. The average Bonchev–Trinajstić information content (AvgIpc) is 2.53. The van der Waals surface area contributed by atoms with Gasteiger partial charge in [0.05, 0.1) is 7.11 Å². The van der Waals surface area contributed by atoms with E-state index in [9.17, 15) is 31.9 Å². The van der Waals surface area contributed by atoms with Gasteiger partial charge in [-0.2, -0.15) is 17.6 Å². The van der Waals surface area contributed by atoms with Gasteiger partial charge >= 0.3 is 12.1 Å². The first-order chi connectivity index (χ1) is 11.5. The second kappa shape index (κ2) is 7.38. The van der Waals surface area contributed by atoms with E-state index in [4.69, 9.17) is 9.84 Å². The Hall–Kier alpha value is -2.16. The van der Waals surface area contributed by atoms with Crippen molar-refractivity contribution in [1.82, 2.24) is 0 Å². The molecule has 0 aliphatic rings. The number of carboxylic acids is 1. The topological polar surface area (TPSA) is 66.8 Å². The van der Waals surface area contributed by atoms with Gasteiger partial charge < -0.3 is 14.9 Å². The lowest BCUT2D eigenvalue weighted by atomic mass is 9.76. The normalized spacial score (nSPS) is 16.3. The lowest BCUT2D eigenvalue weighted by Gasteiger charge is -2.35. The van der Waals surface area contributed by atoms with Crippen molar-refractivity contribution < 1.29 is 41.7 Å². The quantitative estimate of drug-likeness (QED) is 0.750. The fourth-order valence-electron chi connectivity index (χ4n) is 2.71. The summed E-state index contributed by atoms with van der Waals surface area (Å²) in [6.07, 6.45) is -4.84. The Morgan fingerprint density at radius 3 is 2.24 bits per heavy atom. The third-order valence-electron chi connectivity index (χ3n) is 3.92. The standard InChI is InChI=1S/C16H17F5O4/c1-4-8(9-6-7-11(17)12(18)13(9)25-3)10(5-2)15(24,14(22)23)16(19,20)21/h4,6-7,10,24H,5H2,1-3H3,(H,22,23)/t10?,15-/m1/s1. The second-order valence-electron chi connectivity index (χ2n) is 5.22. The molecule has 0 amide bonds. The number of alkyl halides is 3. The number of rotatable bonds is 6. The summed E-state index contributed by atoms with van der Waals surface area (Å²) in [5, 5.41) is 19.0. The van der Waals surface area contributed by atoms with Crippen molar-refractivity contribution in [2.24, 2.45) is 5.92 Å². The lowest BCUT2D eigenvalue weighted by molar-refractivity contribution is -0.270. The SMILES string of the molecule is CC=C(c1ccc(F)c(F)c1OC)C(CC)[C@@](O)(C(=O)O)C(F)(F)F. The highest BCUT2D eigenvalue weighted by molar-refractivity contribution is 5.84. The van der Waals surface area contributed by atoms with Gasteiger partial charge in [-0.05, 0) is 31.1 Å². The number of hydrogen-bond acceptors (Lipinski definition) is 3. The molecule has 0 heterocycles. The molecule has 0 spiro atoms. The Balaban J connectivity index is 3.69. The van der Waals surface area contributed by atoms with Crippen LogP contribution < -0.4 is 4.74 Å². The Bertz CT molecular complexity index is 684. The molecule has 0 aromatic heterocycles. The van der Waals surface area contributed by atoms with Crippen LogP contribution in [-0.2, 0) is 4.79 Å². The number of allylic oxidation sites excluding steroid dienone is 1. The predicted molar refractivity (Wildman–Crippen MR) is 79.0 cm³/mol. The van der Waals surface area contributed by atoms with Gasteiger partial charge in [0.1, 0.15) is 0 Å². The van der Waals surface area contributed by atoms with E-state index in [-0.39, 0.29) is 11.1 Å². The predicted octanol–water partition coefficient (Wildman–Crippen LogP) is 3.78. The molecule has 0 aliphatic heterocycles. The van der Waals surface area contributed by atoms with Crippen LogP contribution in [-0.4, -0.2) is 35.1 Å². The Labute approximate surface area is 140 Å². The number of carboxylic acid groups (broad SMARTS) is 1. The zero-order chi connectivity index (χ0) is 19.6. The Morgan fingerprint density at radius 2 is 1.88 bits per heavy atom. The van der Waals surface area contributed by atoms with Gasteiger partial charge in [-0.1, -0.05) is 13.0 Å². The van der Waals surface area contributed by atoms with Crippen molar-refractivity contribution in [3.8, 4) is 5.75 Å². The van der Waals surface area contributed by atoms with Gasteiger partial charge in [-0.3, -0.25) is 0 Å². The van der Waals surface area contributed by atoms with E-state index in [1.54, 1.807) is 0 Å². The highest BCUT2D eigenvalue weighted by atomic mass is 19.4. The van der Waals surface area contributed by atoms with Crippen LogP contribution in [0.5, 0.6) is 5.75 Å². The van der Waals surface area contributed by atoms with E-state index >= 15 is 0 Å². The molecule has 1 aromatic rings. The molecule has 0 aliphatic carbocycles. The minimum atomic E-state index is -5.50. The summed E-state index contributed by atoms with van der Waals surface area (Å²) in [5.41, 5.74) is -4.72. The average molecular weight is 368 g/mol. The van der Waals surface area contributed by atoms with E-state index in [1.807, 2.05) is 0 Å². The first-order valence-electron chi connectivity index (χ1n) is 7.18. The Morgan fingerprint density at radius 1 is 1.32 bits per heavy atom. The molecule has 0 saturated heterocycles. The summed E-state index contributed by atoms with van der Waals surface area (Å²) >= 11 is 0. The summed E-state index contributed by atoms with van der Waals surface area (Å²) in [6, 6.07) is 1.64. The Kier molecular flexibility index (Phi) is 6.17. The lowest BCUT2D eigenvalue weighted by Crippen LogP contribution is -2.57. The van der Waals surface area contributed by atoms with E-state index in [0.717, 1.165) is 19.3 Å². The highest BCUT2D eigenvalue weighted by Crippen LogP contribution is 2.46. The van der Waals surface area contributed by atoms with Crippen molar-refractivity contribution in [1.29, 1.82) is 0 Å². The zero-order valence-corrected chi connectivity index (χ0v) is 13.6. The first-order valence-corrected chi connectivity index (χ1v) is 7.18. The second-order valence-corrected chi connectivity index (χ2v) is 5.22. The van der Waals surface area contributed by atoms with E-state index in [1.165, 1.54) is 13.8 Å². The van der Waals surface area contributed by atoms with E-state index in [2.05, 4.69) is 0 Å². The van der Waals surface area contributed by atoms with Crippen molar-refractivity contribution in [2.75, 3.05) is 7.11 Å². The summed E-state index contributed by atoms with van der Waals surface area (Å²) in [6.45, 7) is 2.53. The van der Waals surface area contributed by atoms with Crippen molar-refractivity contribution >= 4 is 11.5 Å². The smallest absolute Gasteiger partial charge is 0.428 e. The maximum absolute atomic E-state index is 13.9. The van der Waals surface area contributed by atoms with Crippen LogP contribution in [0.25, 0.3) is 5.57 Å². The molecule has 0 bridgehead atoms. The fourth-order valence-corrected chi connectivity index (χ4v) is 2.71. The first kappa shape index (κ1) is 20.9. The zero-order valence-electron chi connectivity index (χ0n) is 13.6. The van der Waals surface area contributed by atoms with Crippen molar-refractivity contribution in [2.45, 2.75) is 32.0 Å². The number of aliphatic carboxylic acids is 1. The van der Waals surface area contributed by atoms with Crippen molar-refractivity contribution in [3.63, 3.8) is 0 Å². The number of benzene rings is 1. The molecule has 1 unspecified atom stereocenters. The molecule has 25 heavy (non-hydrogen) atoms. The highest BCUT2D eigenvalue weighted by Gasteiger charge is 2.64. The molecule has 140 valence electrons. The van der Waals surface area contributed by atoms with Crippen LogP contribution in [0.15, 0.2) is 18.2 Å². The van der Waals surface area contributed by atoms with Gasteiger partial charge in [-0.25, -0.2) is 9.18 Å². The molecule has 0 saturated carbocycles. The van der Waals surface area contributed by atoms with Crippen LogP contribution in [0.2, 0.25) is 0 Å². The van der Waals surface area contributed by atoms with Crippen LogP contribution in [0, 0.1) is 17.6 Å². The molecule has 0 fully saturated rings. The minimum absolute atomic E-state index is 0.278. The fraction of sp³-hybridized carbons (Fsp3) is 0.438. The number of hydrogen-bond donors (Lipinski definition) is 2. The summed E-state index contributed by atoms with van der Waals surface area (Å²) in [7, 11) is 0.989. The monoisotopic (exact) mass is 368 g/mol. The minimum Gasteiger partial charge on any atom is -0.493 e. The van der Waals surface area contributed by atoms with Crippen LogP contribution in [0.3, 0.4) is 0 Å². The number of methoxy groups -OCH3 is 1. The third-order valence-corrected chi connectivity index (χ3v) is 3.92. The molecule has 9 heteroatoms. The molecule has 0 radical (unpaired) electrons. The molecule has 4 nitrogen and oxygen atoms in total. The molecule has 1 rings (SSSR count). The molecular weight excluding hydrogens is 351 g/mol. The maximum atomic E-state index is 13.9.